The van der Waals surface area contributed by atoms with Crippen LogP contribution in [0.3, 0.4) is 0 Å². The molecule has 3 rings (SSSR count). The van der Waals surface area contributed by atoms with E-state index in [2.05, 4.69) is 20.4 Å². The summed E-state index contributed by atoms with van der Waals surface area (Å²) in [5.74, 6) is 0.0997. The van der Waals surface area contributed by atoms with E-state index in [1.54, 1.807) is 6.20 Å². The van der Waals surface area contributed by atoms with Crippen LogP contribution < -0.4 is 5.32 Å². The largest absolute Gasteiger partial charge is 0.351 e. The standard InChI is InChI=1S/C18H23ClN4O/c1-23-10-4-2-3-5-16(23)18(24)20-11-14-12-21-22-17(14)13-6-8-15(19)9-7-13/h6-9,12,16H,2-5,10-11H2,1H3,(H,20,24)(H,21,22). The van der Waals surface area contributed by atoms with E-state index in [-0.39, 0.29) is 11.9 Å². The Hall–Kier alpha value is -1.85. The number of H-pyrrole nitrogens is 1. The fourth-order valence-electron chi connectivity index (χ4n) is 3.19. The lowest BCUT2D eigenvalue weighted by Crippen LogP contribution is -2.44. The van der Waals surface area contributed by atoms with Gasteiger partial charge in [-0.3, -0.25) is 14.8 Å². The number of aromatic nitrogens is 2. The SMILES string of the molecule is CN1CCCCCC1C(=O)NCc1cn[nH]c1-c1ccc(Cl)cc1. The lowest BCUT2D eigenvalue weighted by atomic mass is 10.1. The zero-order chi connectivity index (χ0) is 16.9. The van der Waals surface area contributed by atoms with Gasteiger partial charge < -0.3 is 5.32 Å². The fourth-order valence-corrected chi connectivity index (χ4v) is 3.32. The van der Waals surface area contributed by atoms with Crippen molar-refractivity contribution >= 4 is 17.5 Å². The number of likely N-dealkylation sites (tertiary alicyclic amines) is 1. The molecule has 1 amide bonds. The molecule has 1 aliphatic rings. The molecule has 5 nitrogen and oxygen atoms in total. The van der Waals surface area contributed by atoms with Crippen LogP contribution in [-0.4, -0.2) is 40.6 Å². The van der Waals surface area contributed by atoms with Gasteiger partial charge in [-0.05, 0) is 44.1 Å². The molecule has 0 saturated carbocycles. The molecule has 1 fully saturated rings. The summed E-state index contributed by atoms with van der Waals surface area (Å²) in [6.07, 6.45) is 6.18. The average Bonchev–Trinajstić information content (AvgIpc) is 2.94. The maximum atomic E-state index is 12.5. The van der Waals surface area contributed by atoms with Crippen molar-refractivity contribution in [2.24, 2.45) is 0 Å². The number of halogens is 1. The first-order valence-electron chi connectivity index (χ1n) is 8.41. The summed E-state index contributed by atoms with van der Waals surface area (Å²) < 4.78 is 0. The highest BCUT2D eigenvalue weighted by Gasteiger charge is 2.24. The predicted octanol–water partition coefficient (Wildman–Crippen LogP) is 3.22. The maximum Gasteiger partial charge on any atom is 0.237 e. The van der Waals surface area contributed by atoms with Gasteiger partial charge in [-0.15, -0.1) is 0 Å². The lowest BCUT2D eigenvalue weighted by molar-refractivity contribution is -0.126. The molecule has 0 radical (unpaired) electrons. The monoisotopic (exact) mass is 346 g/mol. The van der Waals surface area contributed by atoms with Crippen molar-refractivity contribution in [2.45, 2.75) is 38.3 Å². The van der Waals surface area contributed by atoms with Gasteiger partial charge in [-0.1, -0.05) is 36.6 Å². The summed E-state index contributed by atoms with van der Waals surface area (Å²) in [7, 11) is 2.03. The molecule has 6 heteroatoms. The molecule has 0 bridgehead atoms. The molecular weight excluding hydrogens is 324 g/mol. The molecule has 2 N–H and O–H groups in total. The van der Waals surface area contributed by atoms with E-state index in [1.165, 1.54) is 12.8 Å². The van der Waals surface area contributed by atoms with Gasteiger partial charge in [0.05, 0.1) is 17.9 Å². The van der Waals surface area contributed by atoms with Crippen molar-refractivity contribution in [1.29, 1.82) is 0 Å². The Kier molecular flexibility index (Phi) is 5.53. The molecule has 1 aromatic carbocycles. The van der Waals surface area contributed by atoms with Crippen molar-refractivity contribution in [1.82, 2.24) is 20.4 Å². The molecule has 1 saturated heterocycles. The van der Waals surface area contributed by atoms with Crippen LogP contribution in [0.25, 0.3) is 11.3 Å². The van der Waals surface area contributed by atoms with Gasteiger partial charge in [0, 0.05) is 17.1 Å². The number of rotatable bonds is 4. The number of aromatic amines is 1. The number of nitrogens with one attached hydrogen (secondary N) is 2. The van der Waals surface area contributed by atoms with E-state index >= 15 is 0 Å². The first kappa shape index (κ1) is 17.0. The summed E-state index contributed by atoms with van der Waals surface area (Å²) in [5.41, 5.74) is 2.90. The van der Waals surface area contributed by atoms with Gasteiger partial charge in [0.25, 0.3) is 0 Å². The van der Waals surface area contributed by atoms with Crippen LogP contribution >= 0.6 is 11.6 Å². The van der Waals surface area contributed by atoms with Crippen LogP contribution in [0.15, 0.2) is 30.5 Å². The molecule has 0 spiro atoms. The molecule has 1 atom stereocenters. The minimum atomic E-state index is -0.0293. The first-order chi connectivity index (χ1) is 11.6. The maximum absolute atomic E-state index is 12.5. The minimum Gasteiger partial charge on any atom is -0.351 e. The highest BCUT2D eigenvalue weighted by atomic mass is 35.5. The second kappa shape index (κ2) is 7.81. The van der Waals surface area contributed by atoms with Crippen LogP contribution in [0.5, 0.6) is 0 Å². The van der Waals surface area contributed by atoms with Crippen molar-refractivity contribution < 1.29 is 4.79 Å². The second-order valence-electron chi connectivity index (χ2n) is 6.34. The van der Waals surface area contributed by atoms with Gasteiger partial charge in [0.1, 0.15) is 0 Å². The molecule has 128 valence electrons. The van der Waals surface area contributed by atoms with E-state index in [9.17, 15) is 4.79 Å². The summed E-state index contributed by atoms with van der Waals surface area (Å²) in [5, 5.41) is 10.9. The van der Waals surface area contributed by atoms with Crippen molar-refractivity contribution in [3.63, 3.8) is 0 Å². The first-order valence-corrected chi connectivity index (χ1v) is 8.79. The Morgan fingerprint density at radius 1 is 1.33 bits per heavy atom. The minimum absolute atomic E-state index is 0.0293. The molecular formula is C18H23ClN4O. The number of hydrogen-bond acceptors (Lipinski definition) is 3. The van der Waals surface area contributed by atoms with E-state index in [0.29, 0.717) is 11.6 Å². The summed E-state index contributed by atoms with van der Waals surface area (Å²) in [6, 6.07) is 7.56. The van der Waals surface area contributed by atoms with Gasteiger partial charge >= 0.3 is 0 Å². The number of amides is 1. The Morgan fingerprint density at radius 3 is 2.92 bits per heavy atom. The number of nitrogens with zero attached hydrogens (tertiary/aromatic N) is 2. The third-order valence-corrected chi connectivity index (χ3v) is 4.88. The number of likely N-dealkylation sites (N-methyl/N-ethyl adjacent to an activating group) is 1. The Morgan fingerprint density at radius 2 is 2.12 bits per heavy atom. The molecule has 24 heavy (non-hydrogen) atoms. The number of hydrogen-bond donors (Lipinski definition) is 2. The predicted molar refractivity (Wildman–Crippen MR) is 95.8 cm³/mol. The molecule has 1 aliphatic heterocycles. The summed E-state index contributed by atoms with van der Waals surface area (Å²) in [4.78, 5) is 14.7. The third-order valence-electron chi connectivity index (χ3n) is 4.63. The van der Waals surface area contributed by atoms with E-state index < -0.39 is 0 Å². The van der Waals surface area contributed by atoms with Crippen molar-refractivity contribution in [2.75, 3.05) is 13.6 Å². The lowest BCUT2D eigenvalue weighted by Gasteiger charge is -2.24. The number of carbonyl (C=O) groups is 1. The summed E-state index contributed by atoms with van der Waals surface area (Å²) in [6.45, 7) is 1.46. The van der Waals surface area contributed by atoms with Crippen LogP contribution in [0.1, 0.15) is 31.2 Å². The molecule has 2 heterocycles. The third kappa shape index (κ3) is 3.97. The van der Waals surface area contributed by atoms with Crippen LogP contribution in [0.2, 0.25) is 5.02 Å². The zero-order valence-corrected chi connectivity index (χ0v) is 14.6. The molecule has 1 aromatic heterocycles. The zero-order valence-electron chi connectivity index (χ0n) is 13.9. The smallest absolute Gasteiger partial charge is 0.237 e. The highest BCUT2D eigenvalue weighted by molar-refractivity contribution is 6.30. The number of carbonyl (C=O) groups excluding carboxylic acids is 1. The van der Waals surface area contributed by atoms with Crippen LogP contribution in [0.4, 0.5) is 0 Å². The Labute approximate surface area is 147 Å². The Bertz CT molecular complexity index is 683. The van der Waals surface area contributed by atoms with E-state index in [4.69, 9.17) is 11.6 Å². The van der Waals surface area contributed by atoms with Crippen LogP contribution in [0, 0.1) is 0 Å². The fraction of sp³-hybridized carbons (Fsp3) is 0.444. The number of benzene rings is 1. The molecule has 1 unspecified atom stereocenters. The molecule has 0 aliphatic carbocycles. The van der Waals surface area contributed by atoms with Gasteiger partial charge in [0.15, 0.2) is 0 Å². The highest BCUT2D eigenvalue weighted by Crippen LogP contribution is 2.23. The van der Waals surface area contributed by atoms with Gasteiger partial charge in [0.2, 0.25) is 5.91 Å². The van der Waals surface area contributed by atoms with Crippen LogP contribution in [-0.2, 0) is 11.3 Å². The topological polar surface area (TPSA) is 61.0 Å². The van der Waals surface area contributed by atoms with E-state index in [0.717, 1.165) is 36.2 Å². The summed E-state index contributed by atoms with van der Waals surface area (Å²) >= 11 is 5.94. The molecule has 2 aromatic rings. The van der Waals surface area contributed by atoms with Crippen molar-refractivity contribution in [3.05, 3.63) is 41.0 Å². The quantitative estimate of drug-likeness (QED) is 0.893. The van der Waals surface area contributed by atoms with E-state index in [1.807, 2.05) is 31.3 Å². The van der Waals surface area contributed by atoms with Gasteiger partial charge in [-0.25, -0.2) is 0 Å². The van der Waals surface area contributed by atoms with Crippen molar-refractivity contribution in [3.8, 4) is 11.3 Å². The normalized spacial score (nSPS) is 19.0. The Balaban J connectivity index is 1.66. The second-order valence-corrected chi connectivity index (χ2v) is 6.78. The average molecular weight is 347 g/mol. The van der Waals surface area contributed by atoms with Gasteiger partial charge in [-0.2, -0.15) is 5.10 Å².